The van der Waals surface area contributed by atoms with Crippen LogP contribution in [-0.4, -0.2) is 5.38 Å². The van der Waals surface area contributed by atoms with Gasteiger partial charge in [-0.25, -0.2) is 8.78 Å². The molecule has 2 unspecified atom stereocenters. The van der Waals surface area contributed by atoms with Crippen LogP contribution in [0.2, 0.25) is 0 Å². The van der Waals surface area contributed by atoms with Crippen molar-refractivity contribution in [2.45, 2.75) is 43.4 Å². The van der Waals surface area contributed by atoms with Crippen molar-refractivity contribution >= 4 is 11.6 Å². The molecule has 3 heteroatoms. The van der Waals surface area contributed by atoms with Gasteiger partial charge >= 0.3 is 0 Å². The molecule has 0 saturated heterocycles. The van der Waals surface area contributed by atoms with Gasteiger partial charge in [0.05, 0.1) is 0 Å². The standard InChI is InChI=1S/C13H15ClF2/c14-12-5-3-1-2-4-10(12)11-7-6-9(15)8-13(11)16/h6-8,10,12H,1-5H2. The SMILES string of the molecule is Fc1ccc(C2CCCCCC2Cl)c(F)c1. The van der Waals surface area contributed by atoms with Gasteiger partial charge in [0.25, 0.3) is 0 Å². The Morgan fingerprint density at radius 2 is 1.81 bits per heavy atom. The first-order valence-corrected chi connectivity index (χ1v) is 6.21. The Labute approximate surface area is 99.6 Å². The molecule has 0 N–H and O–H groups in total. The molecule has 2 atom stereocenters. The summed E-state index contributed by atoms with van der Waals surface area (Å²) in [5.74, 6) is -0.955. The van der Waals surface area contributed by atoms with Gasteiger partial charge in [-0.05, 0) is 24.5 Å². The summed E-state index contributed by atoms with van der Waals surface area (Å²) < 4.78 is 26.5. The van der Waals surface area contributed by atoms with Crippen LogP contribution in [0.25, 0.3) is 0 Å². The fourth-order valence-corrected chi connectivity index (χ4v) is 2.83. The summed E-state index contributed by atoms with van der Waals surface area (Å²) in [6.45, 7) is 0. The van der Waals surface area contributed by atoms with Crippen LogP contribution in [0.3, 0.4) is 0 Å². The predicted octanol–water partition coefficient (Wildman–Crippen LogP) is 4.62. The van der Waals surface area contributed by atoms with Gasteiger partial charge in [-0.1, -0.05) is 25.3 Å². The highest BCUT2D eigenvalue weighted by molar-refractivity contribution is 6.21. The molecular weight excluding hydrogens is 230 g/mol. The summed E-state index contributed by atoms with van der Waals surface area (Å²) in [6, 6.07) is 3.80. The number of hydrogen-bond donors (Lipinski definition) is 0. The fourth-order valence-electron chi connectivity index (χ4n) is 2.41. The van der Waals surface area contributed by atoms with Crippen LogP contribution in [0.1, 0.15) is 43.6 Å². The van der Waals surface area contributed by atoms with Crippen molar-refractivity contribution in [2.24, 2.45) is 0 Å². The Bertz CT molecular complexity index is 365. The average Bonchev–Trinajstić information content (AvgIpc) is 2.44. The lowest BCUT2D eigenvalue weighted by atomic mass is 9.91. The molecule has 1 saturated carbocycles. The maximum atomic E-state index is 13.6. The smallest absolute Gasteiger partial charge is 0.129 e. The van der Waals surface area contributed by atoms with Crippen molar-refractivity contribution in [3.63, 3.8) is 0 Å². The van der Waals surface area contributed by atoms with Gasteiger partial charge < -0.3 is 0 Å². The lowest BCUT2D eigenvalue weighted by Gasteiger charge is -2.20. The van der Waals surface area contributed by atoms with Gasteiger partial charge in [0.2, 0.25) is 0 Å². The molecule has 1 fully saturated rings. The van der Waals surface area contributed by atoms with E-state index in [0.29, 0.717) is 5.56 Å². The topological polar surface area (TPSA) is 0 Å². The fraction of sp³-hybridized carbons (Fsp3) is 0.538. The van der Waals surface area contributed by atoms with Crippen LogP contribution in [0.4, 0.5) is 8.78 Å². The first-order chi connectivity index (χ1) is 7.68. The Balaban J connectivity index is 2.27. The lowest BCUT2D eigenvalue weighted by Crippen LogP contribution is -2.13. The minimum atomic E-state index is -0.527. The molecule has 0 bridgehead atoms. The molecule has 0 nitrogen and oxygen atoms in total. The molecule has 2 rings (SSSR count). The van der Waals surface area contributed by atoms with Crippen LogP contribution in [0.15, 0.2) is 18.2 Å². The molecule has 1 aliphatic carbocycles. The summed E-state index contributed by atoms with van der Waals surface area (Å²) in [6.07, 6.45) is 5.15. The van der Waals surface area contributed by atoms with Crippen molar-refractivity contribution in [3.05, 3.63) is 35.4 Å². The normalized spacial score (nSPS) is 26.4. The largest absolute Gasteiger partial charge is 0.207 e. The molecule has 0 radical (unpaired) electrons. The van der Waals surface area contributed by atoms with Gasteiger partial charge in [0.15, 0.2) is 0 Å². The third-order valence-electron chi connectivity index (χ3n) is 3.29. The Morgan fingerprint density at radius 3 is 2.56 bits per heavy atom. The highest BCUT2D eigenvalue weighted by Crippen LogP contribution is 2.36. The molecule has 0 aliphatic heterocycles. The average molecular weight is 245 g/mol. The second kappa shape index (κ2) is 5.13. The number of halogens is 3. The molecule has 0 aromatic heterocycles. The summed E-state index contributed by atoms with van der Waals surface area (Å²) in [5, 5.41) is -0.0255. The van der Waals surface area contributed by atoms with Gasteiger partial charge in [-0.3, -0.25) is 0 Å². The summed E-state index contributed by atoms with van der Waals surface area (Å²) in [7, 11) is 0. The van der Waals surface area contributed by atoms with Crippen molar-refractivity contribution in [1.29, 1.82) is 0 Å². The second-order valence-electron chi connectivity index (χ2n) is 4.43. The highest BCUT2D eigenvalue weighted by atomic mass is 35.5. The van der Waals surface area contributed by atoms with Gasteiger partial charge in [-0.15, -0.1) is 11.6 Å². The van der Waals surface area contributed by atoms with E-state index in [2.05, 4.69) is 0 Å². The summed E-state index contributed by atoms with van der Waals surface area (Å²) in [5.41, 5.74) is 0.573. The predicted molar refractivity (Wildman–Crippen MR) is 61.8 cm³/mol. The van der Waals surface area contributed by atoms with E-state index in [0.717, 1.165) is 38.2 Å². The third-order valence-corrected chi connectivity index (χ3v) is 3.82. The maximum absolute atomic E-state index is 13.6. The molecule has 16 heavy (non-hydrogen) atoms. The molecule has 0 spiro atoms. The second-order valence-corrected chi connectivity index (χ2v) is 4.99. The Morgan fingerprint density at radius 1 is 1.06 bits per heavy atom. The van der Waals surface area contributed by atoms with Crippen LogP contribution < -0.4 is 0 Å². The minimum Gasteiger partial charge on any atom is -0.207 e. The first kappa shape index (κ1) is 11.8. The van der Waals surface area contributed by atoms with Crippen molar-refractivity contribution in [2.75, 3.05) is 0 Å². The van der Waals surface area contributed by atoms with Gasteiger partial charge in [0, 0.05) is 17.4 Å². The molecule has 1 aromatic carbocycles. The maximum Gasteiger partial charge on any atom is 0.129 e. The van der Waals surface area contributed by atoms with Gasteiger partial charge in [-0.2, -0.15) is 0 Å². The molecule has 0 amide bonds. The molecule has 1 aromatic rings. The highest BCUT2D eigenvalue weighted by Gasteiger charge is 2.25. The van der Waals surface area contributed by atoms with Crippen LogP contribution >= 0.6 is 11.6 Å². The van der Waals surface area contributed by atoms with Crippen molar-refractivity contribution in [3.8, 4) is 0 Å². The van der Waals surface area contributed by atoms with Crippen molar-refractivity contribution in [1.82, 2.24) is 0 Å². The molecule has 0 heterocycles. The zero-order chi connectivity index (χ0) is 11.5. The zero-order valence-electron chi connectivity index (χ0n) is 9.06. The molecule has 88 valence electrons. The summed E-state index contributed by atoms with van der Waals surface area (Å²) >= 11 is 6.27. The van der Waals surface area contributed by atoms with Crippen LogP contribution in [-0.2, 0) is 0 Å². The van der Waals surface area contributed by atoms with E-state index in [1.807, 2.05) is 0 Å². The van der Waals surface area contributed by atoms with E-state index < -0.39 is 11.6 Å². The van der Waals surface area contributed by atoms with Crippen LogP contribution in [0, 0.1) is 11.6 Å². The third kappa shape index (κ3) is 2.54. The van der Waals surface area contributed by atoms with Gasteiger partial charge in [0.1, 0.15) is 11.6 Å². The number of hydrogen-bond acceptors (Lipinski definition) is 0. The van der Waals surface area contributed by atoms with Crippen molar-refractivity contribution < 1.29 is 8.78 Å². The Kier molecular flexibility index (Phi) is 3.80. The van der Waals surface area contributed by atoms with E-state index >= 15 is 0 Å². The van der Waals surface area contributed by atoms with Crippen LogP contribution in [0.5, 0.6) is 0 Å². The first-order valence-electron chi connectivity index (χ1n) is 5.77. The summed E-state index contributed by atoms with van der Waals surface area (Å²) in [4.78, 5) is 0. The molecular formula is C13H15ClF2. The van der Waals surface area contributed by atoms with E-state index in [9.17, 15) is 8.78 Å². The minimum absolute atomic E-state index is 0.0255. The number of benzene rings is 1. The van der Waals surface area contributed by atoms with E-state index in [4.69, 9.17) is 11.6 Å². The lowest BCUT2D eigenvalue weighted by molar-refractivity contribution is 0.528. The van der Waals surface area contributed by atoms with E-state index in [1.54, 1.807) is 0 Å². The molecule has 1 aliphatic rings. The number of rotatable bonds is 1. The monoisotopic (exact) mass is 244 g/mol. The van der Waals surface area contributed by atoms with E-state index in [1.165, 1.54) is 12.1 Å². The number of alkyl halides is 1. The Hall–Kier alpha value is -0.630. The quantitative estimate of drug-likeness (QED) is 0.500. The zero-order valence-corrected chi connectivity index (χ0v) is 9.81. The van der Waals surface area contributed by atoms with E-state index in [-0.39, 0.29) is 11.3 Å².